The van der Waals surface area contributed by atoms with Crippen LogP contribution in [0.4, 0.5) is 0 Å². The number of carbonyl (C=O) groups excluding carboxylic acids is 1. The maximum atomic E-state index is 12.9. The van der Waals surface area contributed by atoms with E-state index in [-0.39, 0.29) is 25.3 Å². The molecule has 1 aliphatic carbocycles. The van der Waals surface area contributed by atoms with Crippen molar-refractivity contribution in [2.24, 2.45) is 5.41 Å². The fourth-order valence-corrected chi connectivity index (χ4v) is 6.08. The van der Waals surface area contributed by atoms with Gasteiger partial charge in [-0.15, -0.1) is 12.6 Å². The molecule has 216 valence electrons. The van der Waals surface area contributed by atoms with Gasteiger partial charge in [-0.3, -0.25) is 4.79 Å². The van der Waals surface area contributed by atoms with Crippen molar-refractivity contribution in [3.05, 3.63) is 95.6 Å². The molecule has 2 heterocycles. The van der Waals surface area contributed by atoms with E-state index in [9.17, 15) is 4.79 Å². The number of fused-ring (bicyclic) bond motifs is 4. The number of hydrogen-bond acceptors (Lipinski definition) is 8. The highest BCUT2D eigenvalue weighted by molar-refractivity contribution is 7.80. The van der Waals surface area contributed by atoms with Gasteiger partial charge in [0.2, 0.25) is 0 Å². The molecule has 0 N–H and O–H groups in total. The predicted molar refractivity (Wildman–Crippen MR) is 156 cm³/mol. The molecule has 6 atom stereocenters. The molecule has 2 fully saturated rings. The molecule has 41 heavy (non-hydrogen) atoms. The largest absolute Gasteiger partial charge is 0.455 e. The summed E-state index contributed by atoms with van der Waals surface area (Å²) in [6.45, 7) is 6.14. The predicted octanol–water partition coefficient (Wildman–Crippen LogP) is 5.89. The normalized spacial score (nSPS) is 27.5. The summed E-state index contributed by atoms with van der Waals surface area (Å²) in [4.78, 5) is 12.9. The molecule has 0 spiro atoms. The van der Waals surface area contributed by atoms with Crippen molar-refractivity contribution in [2.45, 2.75) is 62.8 Å². The van der Waals surface area contributed by atoms with E-state index in [2.05, 4.69) is 61.2 Å². The summed E-state index contributed by atoms with van der Waals surface area (Å²) < 4.78 is 37.0. The van der Waals surface area contributed by atoms with E-state index < -0.39 is 41.6 Å². The summed E-state index contributed by atoms with van der Waals surface area (Å²) in [6.07, 6.45) is -3.10. The molecule has 2 aliphatic heterocycles. The standard InChI is InChI=1S/C33H36O7S/c1-33(2,3)32(34)40-29-28(27-26(38-31(29)41)18-36-30(39-27)20-11-5-4-6-12-20)37-19-35-17-25-23-15-9-7-13-21(23)22-14-8-10-16-24(22)25/h4-16,25-31,41H,17-19H2,1-3H3/t26-,27+,28+,29-,30?,31+/m1/s1. The van der Waals surface area contributed by atoms with E-state index in [4.69, 9.17) is 28.4 Å². The Hall–Kier alpha value is -2.72. The zero-order valence-electron chi connectivity index (χ0n) is 23.5. The molecule has 0 bridgehead atoms. The second-order valence-electron chi connectivity index (χ2n) is 11.7. The molecule has 0 aromatic heterocycles. The Morgan fingerprint density at radius 3 is 2.17 bits per heavy atom. The third-order valence-electron chi connectivity index (χ3n) is 7.82. The van der Waals surface area contributed by atoms with Crippen LogP contribution < -0.4 is 0 Å². The number of benzene rings is 3. The Balaban J connectivity index is 1.19. The average molecular weight is 577 g/mol. The highest BCUT2D eigenvalue weighted by atomic mass is 32.1. The Labute approximate surface area is 246 Å². The summed E-state index contributed by atoms with van der Waals surface area (Å²) in [6, 6.07) is 26.6. The van der Waals surface area contributed by atoms with Gasteiger partial charge in [0.15, 0.2) is 12.4 Å². The van der Waals surface area contributed by atoms with Crippen molar-refractivity contribution in [1.29, 1.82) is 0 Å². The lowest BCUT2D eigenvalue weighted by Gasteiger charge is -2.48. The van der Waals surface area contributed by atoms with E-state index in [0.29, 0.717) is 6.61 Å². The Bertz CT molecular complexity index is 1310. The van der Waals surface area contributed by atoms with Crippen LogP contribution in [0.15, 0.2) is 78.9 Å². The van der Waals surface area contributed by atoms with Gasteiger partial charge in [-0.1, -0.05) is 78.9 Å². The second kappa shape index (κ2) is 11.9. The second-order valence-corrected chi connectivity index (χ2v) is 12.2. The molecule has 0 radical (unpaired) electrons. The molecular weight excluding hydrogens is 540 g/mol. The number of ether oxygens (including phenoxy) is 6. The van der Waals surface area contributed by atoms with Crippen molar-refractivity contribution in [3.63, 3.8) is 0 Å². The van der Waals surface area contributed by atoms with Crippen LogP contribution in [-0.4, -0.2) is 55.8 Å². The van der Waals surface area contributed by atoms with Gasteiger partial charge in [0, 0.05) is 11.5 Å². The van der Waals surface area contributed by atoms with Gasteiger partial charge in [0.05, 0.1) is 18.6 Å². The van der Waals surface area contributed by atoms with Crippen LogP contribution in [0.5, 0.6) is 0 Å². The molecule has 3 aromatic carbocycles. The summed E-state index contributed by atoms with van der Waals surface area (Å²) in [5, 5.41) is 0. The van der Waals surface area contributed by atoms with Crippen LogP contribution in [0.1, 0.15) is 49.7 Å². The monoisotopic (exact) mass is 576 g/mol. The van der Waals surface area contributed by atoms with E-state index in [0.717, 1.165) is 5.56 Å². The lowest BCUT2D eigenvalue weighted by molar-refractivity contribution is -0.331. The third kappa shape index (κ3) is 5.82. The molecule has 0 amide bonds. The van der Waals surface area contributed by atoms with Crippen LogP contribution in [0.25, 0.3) is 11.1 Å². The van der Waals surface area contributed by atoms with Crippen molar-refractivity contribution >= 4 is 18.6 Å². The minimum Gasteiger partial charge on any atom is -0.455 e. The van der Waals surface area contributed by atoms with Crippen molar-refractivity contribution in [1.82, 2.24) is 0 Å². The van der Waals surface area contributed by atoms with Crippen LogP contribution in [0.3, 0.4) is 0 Å². The lowest BCUT2D eigenvalue weighted by atomic mass is 9.95. The number of carbonyl (C=O) groups is 1. The molecule has 8 heteroatoms. The van der Waals surface area contributed by atoms with Gasteiger partial charge in [-0.25, -0.2) is 0 Å². The van der Waals surface area contributed by atoms with Crippen molar-refractivity contribution in [3.8, 4) is 11.1 Å². The number of esters is 1. The molecule has 3 aromatic rings. The smallest absolute Gasteiger partial charge is 0.311 e. The minimum atomic E-state index is -0.808. The number of hydrogen-bond donors (Lipinski definition) is 1. The maximum Gasteiger partial charge on any atom is 0.311 e. The SMILES string of the molecule is CC(C)(C)C(=O)O[C@@H]1[C@@H](OCOCC2c3ccccc3-c3ccccc32)[C@H]2OC(c3ccccc3)OC[C@H]2O[C@H]1S. The first-order valence-electron chi connectivity index (χ1n) is 14.1. The van der Waals surface area contributed by atoms with E-state index in [1.54, 1.807) is 0 Å². The number of rotatable bonds is 7. The quantitative estimate of drug-likeness (QED) is 0.163. The number of thiol groups is 1. The third-order valence-corrected chi connectivity index (χ3v) is 8.24. The first-order valence-corrected chi connectivity index (χ1v) is 14.6. The van der Waals surface area contributed by atoms with Crippen LogP contribution >= 0.6 is 12.6 Å². The fraction of sp³-hybridized carbons (Fsp3) is 0.424. The maximum absolute atomic E-state index is 12.9. The van der Waals surface area contributed by atoms with Gasteiger partial charge < -0.3 is 28.4 Å². The van der Waals surface area contributed by atoms with Gasteiger partial charge in [0.25, 0.3) is 0 Å². The van der Waals surface area contributed by atoms with Crippen LogP contribution in [-0.2, 0) is 33.2 Å². The first-order chi connectivity index (χ1) is 19.8. The van der Waals surface area contributed by atoms with Crippen LogP contribution in [0.2, 0.25) is 0 Å². The Morgan fingerprint density at radius 1 is 0.878 bits per heavy atom. The molecule has 3 aliphatic rings. The molecule has 0 saturated carbocycles. The molecule has 1 unspecified atom stereocenters. The Morgan fingerprint density at radius 2 is 1.51 bits per heavy atom. The fourth-order valence-electron chi connectivity index (χ4n) is 5.69. The highest BCUT2D eigenvalue weighted by Crippen LogP contribution is 2.44. The molecule has 7 nitrogen and oxygen atoms in total. The van der Waals surface area contributed by atoms with Crippen molar-refractivity contribution < 1.29 is 33.2 Å². The van der Waals surface area contributed by atoms with E-state index in [1.807, 2.05) is 51.1 Å². The van der Waals surface area contributed by atoms with E-state index >= 15 is 0 Å². The zero-order valence-corrected chi connectivity index (χ0v) is 24.4. The van der Waals surface area contributed by atoms with Gasteiger partial charge in [-0.05, 0) is 43.0 Å². The minimum absolute atomic E-state index is 0.0149. The molecule has 2 saturated heterocycles. The summed E-state index contributed by atoms with van der Waals surface area (Å²) in [7, 11) is 0. The van der Waals surface area contributed by atoms with Gasteiger partial charge >= 0.3 is 5.97 Å². The van der Waals surface area contributed by atoms with Crippen LogP contribution in [0, 0.1) is 5.41 Å². The molecular formula is C33H36O7S. The lowest BCUT2D eigenvalue weighted by Crippen LogP contribution is -2.62. The molecule has 6 rings (SSSR count). The average Bonchev–Trinajstić information content (AvgIpc) is 3.30. The summed E-state index contributed by atoms with van der Waals surface area (Å²) in [5.74, 6) is -0.272. The first kappa shape index (κ1) is 28.4. The van der Waals surface area contributed by atoms with E-state index in [1.165, 1.54) is 22.3 Å². The van der Waals surface area contributed by atoms with Gasteiger partial charge in [0.1, 0.15) is 30.5 Å². The highest BCUT2D eigenvalue weighted by Gasteiger charge is 2.52. The van der Waals surface area contributed by atoms with Crippen molar-refractivity contribution in [2.75, 3.05) is 20.0 Å². The topological polar surface area (TPSA) is 72.5 Å². The summed E-state index contributed by atoms with van der Waals surface area (Å²) in [5.41, 5.74) is 4.41. The Kier molecular flexibility index (Phi) is 8.23. The van der Waals surface area contributed by atoms with Gasteiger partial charge in [-0.2, -0.15) is 0 Å². The zero-order chi connectivity index (χ0) is 28.6. The summed E-state index contributed by atoms with van der Waals surface area (Å²) >= 11 is 4.64.